The molecule has 48 heavy (non-hydrogen) atoms. The maximum atomic E-state index is 7.92. The monoisotopic (exact) mass is 814 g/mol. The van der Waals surface area contributed by atoms with Crippen LogP contribution in [0.3, 0.4) is 0 Å². The molecule has 6 heteroatoms. The van der Waals surface area contributed by atoms with Crippen molar-refractivity contribution >= 4 is 44.8 Å². The van der Waals surface area contributed by atoms with Crippen LogP contribution in [0, 0.1) is 26.0 Å². The summed E-state index contributed by atoms with van der Waals surface area (Å²) >= 11 is 0. The molecule has 4 aromatic carbocycles. The number of ether oxygens (including phenoxy) is 1. The summed E-state index contributed by atoms with van der Waals surface area (Å²) in [6.45, 7) is 13.1. The molecule has 0 bridgehead atoms. The fourth-order valence-electron chi connectivity index (χ4n) is 7.27. The number of fused-ring (bicyclic) bond motifs is 5. The predicted octanol–water partition coefficient (Wildman–Crippen LogP) is 9.97. The number of pyridine rings is 1. The Morgan fingerprint density at radius 1 is 0.896 bits per heavy atom. The van der Waals surface area contributed by atoms with E-state index < -0.39 is 12.9 Å². The Morgan fingerprint density at radius 3 is 2.44 bits per heavy atom. The second-order valence-corrected chi connectivity index (χ2v) is 14.4. The van der Waals surface area contributed by atoms with Crippen molar-refractivity contribution in [2.45, 2.75) is 72.2 Å². The minimum atomic E-state index is -2.24. The van der Waals surface area contributed by atoms with E-state index in [4.69, 9.17) is 13.8 Å². The van der Waals surface area contributed by atoms with E-state index in [1.165, 1.54) is 11.1 Å². The zero-order chi connectivity index (χ0) is 35.3. The molecule has 1 atom stereocenters. The SMILES string of the molecule is [2H]C([2H])([2H])[C@@H]1COC(c2[c-]c(N3c4[c-]c5c(cc4C(C)(C)c4ccccc43)c3ccccc3n5-c3cc(C(C)(C)C)ccn3)c(C)cc2C)=N1.[Pt+2]. The van der Waals surface area contributed by atoms with E-state index in [-0.39, 0.29) is 38.5 Å². The summed E-state index contributed by atoms with van der Waals surface area (Å²) in [5, 5.41) is 2.26. The molecule has 6 aromatic rings. The second-order valence-electron chi connectivity index (χ2n) is 14.4. The molecule has 4 heterocycles. The summed E-state index contributed by atoms with van der Waals surface area (Å²) in [5.41, 5.74) is 10.6. The Morgan fingerprint density at radius 2 is 1.67 bits per heavy atom. The van der Waals surface area contributed by atoms with E-state index in [1.54, 1.807) is 0 Å². The van der Waals surface area contributed by atoms with Crippen molar-refractivity contribution in [3.8, 4) is 5.82 Å². The standard InChI is InChI=1S/C42H40N4O.Pt/c1-25-19-26(2)36(22-30(25)40-44-27(3)24-47-40)45-35-16-12-10-14-32(35)42(7,8)33-21-31-29-13-9-11-15-34(29)46(37(31)23-38(33)45)39-20-28(17-18-43-39)41(4,5)6;/h9-21,27H,24H2,1-8H3;/q-2;+2/t27-;/m1./s1/i3D3;. The minimum Gasteiger partial charge on any atom is -0.518 e. The van der Waals surface area contributed by atoms with Crippen LogP contribution in [0.2, 0.25) is 0 Å². The molecular weight excluding hydrogens is 772 g/mol. The van der Waals surface area contributed by atoms with Crippen LogP contribution in [-0.2, 0) is 36.6 Å². The summed E-state index contributed by atoms with van der Waals surface area (Å²) in [6, 6.07) is 32.5. The van der Waals surface area contributed by atoms with Gasteiger partial charge in [0.1, 0.15) is 11.7 Å². The van der Waals surface area contributed by atoms with E-state index in [9.17, 15) is 0 Å². The molecule has 244 valence electrons. The molecule has 0 spiro atoms. The van der Waals surface area contributed by atoms with Crippen molar-refractivity contribution in [2.75, 3.05) is 11.5 Å². The van der Waals surface area contributed by atoms with Crippen molar-refractivity contribution in [1.29, 1.82) is 0 Å². The summed E-state index contributed by atoms with van der Waals surface area (Å²) in [4.78, 5) is 11.7. The van der Waals surface area contributed by atoms with Gasteiger partial charge in [0.25, 0.3) is 0 Å². The quantitative estimate of drug-likeness (QED) is 0.167. The maximum absolute atomic E-state index is 7.92. The molecule has 0 amide bonds. The van der Waals surface area contributed by atoms with E-state index in [1.807, 2.05) is 13.1 Å². The summed E-state index contributed by atoms with van der Waals surface area (Å²) in [5.74, 6) is 1.17. The van der Waals surface area contributed by atoms with Crippen molar-refractivity contribution < 1.29 is 29.9 Å². The van der Waals surface area contributed by atoms with Crippen LogP contribution in [0.4, 0.5) is 17.1 Å². The maximum Gasteiger partial charge on any atom is 2.00 e. The molecule has 0 N–H and O–H groups in total. The number of hydrogen-bond donors (Lipinski definition) is 0. The number of aromatic nitrogens is 2. The normalized spacial score (nSPS) is 17.9. The van der Waals surface area contributed by atoms with Gasteiger partial charge in [0.15, 0.2) is 0 Å². The van der Waals surface area contributed by atoms with Gasteiger partial charge in [-0.05, 0) is 64.1 Å². The first kappa shape index (κ1) is 28.8. The summed E-state index contributed by atoms with van der Waals surface area (Å²) in [7, 11) is 0. The molecule has 0 fully saturated rings. The van der Waals surface area contributed by atoms with Crippen LogP contribution < -0.4 is 4.90 Å². The Bertz CT molecular complexity index is 2380. The fraction of sp³-hybridized carbons (Fsp3) is 0.286. The van der Waals surface area contributed by atoms with Crippen molar-refractivity contribution in [2.24, 2.45) is 4.99 Å². The number of benzene rings is 4. The van der Waals surface area contributed by atoms with Gasteiger partial charge in [-0.25, -0.2) is 4.98 Å². The van der Waals surface area contributed by atoms with Crippen LogP contribution in [0.25, 0.3) is 27.6 Å². The van der Waals surface area contributed by atoms with Gasteiger partial charge in [-0.15, -0.1) is 40.3 Å². The largest absolute Gasteiger partial charge is 2.00 e. The zero-order valence-electron chi connectivity index (χ0n) is 31.3. The Hall–Kier alpha value is -4.21. The van der Waals surface area contributed by atoms with Gasteiger partial charge in [-0.3, -0.25) is 4.99 Å². The Kier molecular flexibility index (Phi) is 6.86. The molecule has 2 aliphatic rings. The first-order chi connectivity index (χ1) is 23.6. The van der Waals surface area contributed by atoms with Crippen molar-refractivity contribution in [3.63, 3.8) is 0 Å². The third-order valence-electron chi connectivity index (χ3n) is 9.78. The van der Waals surface area contributed by atoms with Gasteiger partial charge in [-0.2, -0.15) is 6.07 Å². The van der Waals surface area contributed by atoms with Gasteiger partial charge in [0.2, 0.25) is 0 Å². The minimum absolute atomic E-state index is 0. The molecule has 0 unspecified atom stereocenters. The van der Waals surface area contributed by atoms with Crippen molar-refractivity contribution in [3.05, 3.63) is 125 Å². The molecule has 5 nitrogen and oxygen atoms in total. The molecule has 8 rings (SSSR count). The number of aryl methyl sites for hydroxylation is 2. The predicted molar refractivity (Wildman–Crippen MR) is 193 cm³/mol. The van der Waals surface area contributed by atoms with Crippen LogP contribution in [0.15, 0.2) is 84.0 Å². The van der Waals surface area contributed by atoms with Gasteiger partial charge >= 0.3 is 21.1 Å². The number of hydrogen-bond acceptors (Lipinski definition) is 4. The molecule has 2 aliphatic heterocycles. The molecule has 0 aliphatic carbocycles. The van der Waals surface area contributed by atoms with E-state index >= 15 is 0 Å². The average Bonchev–Trinajstić information content (AvgIpc) is 3.69. The molecule has 0 saturated carbocycles. The fourth-order valence-corrected chi connectivity index (χ4v) is 7.27. The first-order valence-electron chi connectivity index (χ1n) is 17.8. The van der Waals surface area contributed by atoms with Crippen LogP contribution in [0.1, 0.15) is 79.0 Å². The average molecular weight is 815 g/mol. The van der Waals surface area contributed by atoms with Crippen LogP contribution in [-0.4, -0.2) is 28.1 Å². The smallest absolute Gasteiger partial charge is 0.518 e. The number of aliphatic imine (C=N–C) groups is 1. The topological polar surface area (TPSA) is 42.6 Å². The molecule has 2 aromatic heterocycles. The zero-order valence-corrected chi connectivity index (χ0v) is 30.6. The van der Waals surface area contributed by atoms with Gasteiger partial charge in [0.05, 0.1) is 12.6 Å². The number of rotatable bonds is 3. The molecular formula is C42H40N4OPt. The van der Waals surface area contributed by atoms with Gasteiger partial charge < -0.3 is 14.2 Å². The summed E-state index contributed by atoms with van der Waals surface area (Å²) < 4.78 is 31.9. The van der Waals surface area contributed by atoms with E-state index in [0.29, 0.717) is 11.5 Å². The first-order valence-corrected chi connectivity index (χ1v) is 16.3. The van der Waals surface area contributed by atoms with Gasteiger partial charge in [-0.1, -0.05) is 102 Å². The summed E-state index contributed by atoms with van der Waals surface area (Å²) in [6.07, 6.45) is 1.90. The number of anilines is 3. The van der Waals surface area contributed by atoms with E-state index in [2.05, 4.69) is 141 Å². The van der Waals surface area contributed by atoms with Crippen LogP contribution >= 0.6 is 0 Å². The second kappa shape index (κ2) is 11.4. The molecule has 0 radical (unpaired) electrons. The Labute approximate surface area is 302 Å². The third kappa shape index (κ3) is 4.93. The Balaban J connectivity index is 0.00000406. The molecule has 0 saturated heterocycles. The number of nitrogens with zero attached hydrogens (tertiary/aromatic N) is 4. The van der Waals surface area contributed by atoms with Crippen molar-refractivity contribution in [1.82, 2.24) is 9.55 Å². The van der Waals surface area contributed by atoms with Crippen LogP contribution in [0.5, 0.6) is 0 Å². The third-order valence-corrected chi connectivity index (χ3v) is 9.78. The van der Waals surface area contributed by atoms with E-state index in [0.717, 1.165) is 61.4 Å². The van der Waals surface area contributed by atoms with Gasteiger partial charge in [0, 0.05) is 21.5 Å². The number of para-hydroxylation sites is 2.